The highest BCUT2D eigenvalue weighted by atomic mass is 15.4. The van der Waals surface area contributed by atoms with Crippen LogP contribution in [-0.2, 0) is 6.54 Å². The van der Waals surface area contributed by atoms with Gasteiger partial charge >= 0.3 is 0 Å². The molecule has 0 N–H and O–H groups in total. The van der Waals surface area contributed by atoms with Gasteiger partial charge in [0.2, 0.25) is 5.95 Å². The number of aromatic nitrogens is 7. The number of fused-ring (bicyclic) bond motifs is 1. The van der Waals surface area contributed by atoms with E-state index in [1.807, 2.05) is 36.7 Å². The summed E-state index contributed by atoms with van der Waals surface area (Å²) in [4.78, 5) is 16.0. The first-order valence-electron chi connectivity index (χ1n) is 9.74. The van der Waals surface area contributed by atoms with Gasteiger partial charge in [-0.05, 0) is 57.6 Å². The van der Waals surface area contributed by atoms with Crippen molar-refractivity contribution < 1.29 is 0 Å². The summed E-state index contributed by atoms with van der Waals surface area (Å²) in [7, 11) is 0. The predicted octanol–water partition coefficient (Wildman–Crippen LogP) is 2.51. The van der Waals surface area contributed by atoms with Crippen LogP contribution in [0.3, 0.4) is 0 Å². The molecule has 2 fully saturated rings. The minimum absolute atomic E-state index is 0.665. The van der Waals surface area contributed by atoms with Gasteiger partial charge in [0.1, 0.15) is 0 Å². The van der Waals surface area contributed by atoms with E-state index in [9.17, 15) is 0 Å². The van der Waals surface area contributed by atoms with Crippen molar-refractivity contribution in [2.24, 2.45) is 5.92 Å². The molecule has 8 nitrogen and oxygen atoms in total. The maximum Gasteiger partial charge on any atom is 0.245 e. The highest BCUT2D eigenvalue weighted by Crippen LogP contribution is 2.31. The summed E-state index contributed by atoms with van der Waals surface area (Å²) in [6.07, 6.45) is 10.8. The fourth-order valence-corrected chi connectivity index (χ4v) is 3.53. The lowest BCUT2D eigenvalue weighted by molar-refractivity contribution is 0.556. The first-order valence-corrected chi connectivity index (χ1v) is 9.74. The van der Waals surface area contributed by atoms with Crippen molar-refractivity contribution in [1.82, 2.24) is 34.3 Å². The van der Waals surface area contributed by atoms with Crippen molar-refractivity contribution >= 4 is 23.7 Å². The van der Waals surface area contributed by atoms with Crippen LogP contribution >= 0.6 is 0 Å². The van der Waals surface area contributed by atoms with Crippen LogP contribution in [0.2, 0.25) is 0 Å². The zero-order valence-electron chi connectivity index (χ0n) is 15.8. The van der Waals surface area contributed by atoms with Crippen molar-refractivity contribution in [2.75, 3.05) is 18.0 Å². The normalized spacial score (nSPS) is 17.6. The molecule has 3 aromatic rings. The molecule has 0 unspecified atom stereocenters. The molecule has 0 amide bonds. The summed E-state index contributed by atoms with van der Waals surface area (Å²) in [6, 6.07) is 0. The van der Waals surface area contributed by atoms with E-state index in [1.54, 1.807) is 0 Å². The Labute approximate surface area is 157 Å². The third-order valence-corrected chi connectivity index (χ3v) is 5.31. The Morgan fingerprint density at radius 3 is 2.63 bits per heavy atom. The Hall–Kier alpha value is -2.77. The molecular formula is C19H24N8. The molecule has 0 atom stereocenters. The second kappa shape index (κ2) is 6.44. The first kappa shape index (κ1) is 16.4. The van der Waals surface area contributed by atoms with Gasteiger partial charge in [-0.1, -0.05) is 0 Å². The molecule has 0 bridgehead atoms. The van der Waals surface area contributed by atoms with Crippen molar-refractivity contribution in [1.29, 1.82) is 0 Å². The molecule has 1 aliphatic heterocycles. The van der Waals surface area contributed by atoms with Gasteiger partial charge in [-0.2, -0.15) is 4.98 Å². The second-order valence-corrected chi connectivity index (χ2v) is 7.61. The lowest BCUT2D eigenvalue weighted by Crippen LogP contribution is -2.19. The SMILES string of the molecule is Cc1ncc(C)n2nc(C=Cc3nc(N4CCCC4)nn3CC3CC3)nc12. The average molecular weight is 364 g/mol. The highest BCUT2D eigenvalue weighted by molar-refractivity contribution is 5.65. The summed E-state index contributed by atoms with van der Waals surface area (Å²) in [5, 5.41) is 9.37. The van der Waals surface area contributed by atoms with Gasteiger partial charge in [0.05, 0.1) is 11.4 Å². The minimum Gasteiger partial charge on any atom is -0.340 e. The van der Waals surface area contributed by atoms with E-state index in [0.29, 0.717) is 5.82 Å². The Bertz CT molecular complexity index is 965. The van der Waals surface area contributed by atoms with Gasteiger partial charge in [0.25, 0.3) is 0 Å². The molecule has 1 saturated heterocycles. The largest absolute Gasteiger partial charge is 0.340 e. The van der Waals surface area contributed by atoms with Gasteiger partial charge in [0.15, 0.2) is 17.3 Å². The molecular weight excluding hydrogens is 340 g/mol. The van der Waals surface area contributed by atoms with Gasteiger partial charge < -0.3 is 4.90 Å². The third-order valence-electron chi connectivity index (χ3n) is 5.31. The van der Waals surface area contributed by atoms with Crippen LogP contribution in [0.5, 0.6) is 0 Å². The summed E-state index contributed by atoms with van der Waals surface area (Å²) in [5.41, 5.74) is 2.64. The van der Waals surface area contributed by atoms with Crippen LogP contribution in [0.4, 0.5) is 5.95 Å². The highest BCUT2D eigenvalue weighted by Gasteiger charge is 2.25. The van der Waals surface area contributed by atoms with E-state index in [-0.39, 0.29) is 0 Å². The lowest BCUT2D eigenvalue weighted by Gasteiger charge is -2.10. The number of nitrogens with zero attached hydrogens (tertiary/aromatic N) is 8. The monoisotopic (exact) mass is 364 g/mol. The summed E-state index contributed by atoms with van der Waals surface area (Å²) in [6.45, 7) is 6.98. The Morgan fingerprint density at radius 2 is 1.89 bits per heavy atom. The topological polar surface area (TPSA) is 77.0 Å². The molecule has 2 aliphatic rings. The van der Waals surface area contributed by atoms with Gasteiger partial charge in [0, 0.05) is 25.8 Å². The molecule has 0 spiro atoms. The number of hydrogen-bond acceptors (Lipinski definition) is 6. The Kier molecular flexibility index (Phi) is 3.91. The Balaban J connectivity index is 1.46. The average Bonchev–Trinajstić information content (AvgIpc) is 3.08. The van der Waals surface area contributed by atoms with Crippen LogP contribution in [0.15, 0.2) is 6.20 Å². The molecule has 27 heavy (non-hydrogen) atoms. The van der Waals surface area contributed by atoms with Crippen molar-refractivity contribution in [3.8, 4) is 0 Å². The van der Waals surface area contributed by atoms with Crippen molar-refractivity contribution in [2.45, 2.75) is 46.1 Å². The van der Waals surface area contributed by atoms with E-state index in [1.165, 1.54) is 25.7 Å². The van der Waals surface area contributed by atoms with Crippen LogP contribution in [0.1, 0.15) is 48.7 Å². The van der Waals surface area contributed by atoms with Crippen LogP contribution in [0, 0.1) is 19.8 Å². The van der Waals surface area contributed by atoms with E-state index in [0.717, 1.165) is 54.4 Å². The van der Waals surface area contributed by atoms with Gasteiger partial charge in [-0.3, -0.25) is 4.98 Å². The quantitative estimate of drug-likeness (QED) is 0.692. The number of aryl methyl sites for hydroxylation is 2. The van der Waals surface area contributed by atoms with Crippen LogP contribution < -0.4 is 4.90 Å². The molecule has 8 heteroatoms. The number of anilines is 1. The standard InChI is InChI=1S/C19H24N8/c1-13-11-20-14(2)18-21-16(23-27(13)18)7-8-17-22-19(25-9-3-4-10-25)24-26(17)12-15-5-6-15/h7-8,11,15H,3-6,9-10,12H2,1-2H3. The zero-order chi connectivity index (χ0) is 18.4. The number of rotatable bonds is 5. The second-order valence-electron chi connectivity index (χ2n) is 7.61. The molecule has 1 aliphatic carbocycles. The van der Waals surface area contributed by atoms with Crippen LogP contribution in [0.25, 0.3) is 17.8 Å². The molecule has 0 radical (unpaired) electrons. The fraction of sp³-hybridized carbons (Fsp3) is 0.526. The lowest BCUT2D eigenvalue weighted by atomic mass is 10.4. The fourth-order valence-electron chi connectivity index (χ4n) is 3.53. The smallest absolute Gasteiger partial charge is 0.245 e. The maximum atomic E-state index is 4.79. The Morgan fingerprint density at radius 1 is 1.07 bits per heavy atom. The summed E-state index contributed by atoms with van der Waals surface area (Å²) >= 11 is 0. The molecule has 4 heterocycles. The van der Waals surface area contributed by atoms with Gasteiger partial charge in [-0.15, -0.1) is 10.2 Å². The minimum atomic E-state index is 0.665. The van der Waals surface area contributed by atoms with Crippen molar-refractivity contribution in [3.63, 3.8) is 0 Å². The molecule has 140 valence electrons. The summed E-state index contributed by atoms with van der Waals surface area (Å²) in [5.74, 6) is 3.15. The molecule has 0 aromatic carbocycles. The van der Waals surface area contributed by atoms with E-state index >= 15 is 0 Å². The molecule has 1 saturated carbocycles. The van der Waals surface area contributed by atoms with Crippen molar-refractivity contribution in [3.05, 3.63) is 29.2 Å². The number of hydrogen-bond donors (Lipinski definition) is 0. The van der Waals surface area contributed by atoms with E-state index < -0.39 is 0 Å². The zero-order valence-corrected chi connectivity index (χ0v) is 15.8. The summed E-state index contributed by atoms with van der Waals surface area (Å²) < 4.78 is 3.89. The van der Waals surface area contributed by atoms with Gasteiger partial charge in [-0.25, -0.2) is 14.2 Å². The first-order chi connectivity index (χ1) is 13.2. The maximum absolute atomic E-state index is 4.79. The molecule has 5 rings (SSSR count). The third kappa shape index (κ3) is 3.20. The van der Waals surface area contributed by atoms with Crippen LogP contribution in [-0.4, -0.2) is 47.4 Å². The molecule has 3 aromatic heterocycles. The predicted molar refractivity (Wildman–Crippen MR) is 103 cm³/mol. The van der Waals surface area contributed by atoms with E-state index in [4.69, 9.17) is 10.1 Å². The van der Waals surface area contributed by atoms with E-state index in [2.05, 4.69) is 24.6 Å².